The Morgan fingerprint density at radius 1 is 1.55 bits per heavy atom. The standard InChI is InChI=1S/C9H9ClN/c10-9-4-2-1-3-8(9)7-11-5-6-11/h1,3-4H,5-7H2. The third-order valence-corrected chi connectivity index (χ3v) is 2.18. The molecule has 1 fully saturated rings. The topological polar surface area (TPSA) is 3.01 Å². The van der Waals surface area contributed by atoms with Gasteiger partial charge in [-0.05, 0) is 17.7 Å². The maximum atomic E-state index is 5.94. The van der Waals surface area contributed by atoms with Gasteiger partial charge in [0.1, 0.15) is 0 Å². The highest BCUT2D eigenvalue weighted by molar-refractivity contribution is 6.31. The van der Waals surface area contributed by atoms with Crippen LogP contribution in [-0.4, -0.2) is 18.0 Å². The second-order valence-electron chi connectivity index (χ2n) is 2.79. The zero-order chi connectivity index (χ0) is 7.68. The predicted molar refractivity (Wildman–Crippen MR) is 45.6 cm³/mol. The van der Waals surface area contributed by atoms with Gasteiger partial charge in [0, 0.05) is 24.7 Å². The van der Waals surface area contributed by atoms with Gasteiger partial charge in [0.25, 0.3) is 0 Å². The third kappa shape index (κ3) is 1.73. The van der Waals surface area contributed by atoms with Crippen molar-refractivity contribution in [2.24, 2.45) is 0 Å². The van der Waals surface area contributed by atoms with Crippen molar-refractivity contribution < 1.29 is 0 Å². The van der Waals surface area contributed by atoms with Gasteiger partial charge in [0.05, 0.1) is 0 Å². The highest BCUT2D eigenvalue weighted by atomic mass is 35.5. The first-order valence-corrected chi connectivity index (χ1v) is 4.11. The molecule has 57 valence electrons. The maximum Gasteiger partial charge on any atom is 0.0457 e. The molecule has 1 nitrogen and oxygen atoms in total. The van der Waals surface area contributed by atoms with Crippen LogP contribution in [0.2, 0.25) is 5.02 Å². The Morgan fingerprint density at radius 2 is 2.36 bits per heavy atom. The average molecular weight is 167 g/mol. The molecule has 2 rings (SSSR count). The molecule has 0 saturated carbocycles. The van der Waals surface area contributed by atoms with Crippen LogP contribution in [0.1, 0.15) is 5.56 Å². The molecule has 1 aromatic rings. The van der Waals surface area contributed by atoms with E-state index in [-0.39, 0.29) is 0 Å². The molecule has 0 aromatic heterocycles. The zero-order valence-electron chi connectivity index (χ0n) is 6.18. The molecule has 2 heteroatoms. The minimum atomic E-state index is 0.833. The SMILES string of the molecule is Clc1c[c]ccc1CN1CC1. The van der Waals surface area contributed by atoms with Gasteiger partial charge in [0.15, 0.2) is 0 Å². The van der Waals surface area contributed by atoms with Crippen LogP contribution in [0.4, 0.5) is 0 Å². The second-order valence-corrected chi connectivity index (χ2v) is 3.20. The Bertz CT molecular complexity index is 255. The molecular formula is C9H9ClN. The van der Waals surface area contributed by atoms with E-state index < -0.39 is 0 Å². The van der Waals surface area contributed by atoms with Crippen molar-refractivity contribution in [1.29, 1.82) is 0 Å². The van der Waals surface area contributed by atoms with E-state index >= 15 is 0 Å². The summed E-state index contributed by atoms with van der Waals surface area (Å²) < 4.78 is 0. The van der Waals surface area contributed by atoms with Gasteiger partial charge in [-0.15, -0.1) is 0 Å². The summed E-state index contributed by atoms with van der Waals surface area (Å²) in [5.74, 6) is 0. The van der Waals surface area contributed by atoms with Crippen molar-refractivity contribution in [2.45, 2.75) is 6.54 Å². The molecule has 1 aliphatic heterocycles. The van der Waals surface area contributed by atoms with Gasteiger partial charge in [-0.3, -0.25) is 4.90 Å². The lowest BCUT2D eigenvalue weighted by Crippen LogP contribution is -1.96. The number of halogens is 1. The van der Waals surface area contributed by atoms with Gasteiger partial charge in [-0.1, -0.05) is 23.7 Å². The van der Waals surface area contributed by atoms with E-state index in [1.807, 2.05) is 18.2 Å². The molecule has 0 N–H and O–H groups in total. The van der Waals surface area contributed by atoms with Gasteiger partial charge in [0.2, 0.25) is 0 Å². The first-order valence-electron chi connectivity index (χ1n) is 3.73. The Labute approximate surface area is 71.6 Å². The molecule has 0 spiro atoms. The molecular weight excluding hydrogens is 158 g/mol. The zero-order valence-corrected chi connectivity index (χ0v) is 6.93. The Morgan fingerprint density at radius 3 is 3.00 bits per heavy atom. The highest BCUT2D eigenvalue weighted by Crippen LogP contribution is 2.19. The van der Waals surface area contributed by atoms with E-state index in [0.29, 0.717) is 0 Å². The smallest absolute Gasteiger partial charge is 0.0457 e. The summed E-state index contributed by atoms with van der Waals surface area (Å²) in [6, 6.07) is 8.70. The molecule has 1 saturated heterocycles. The van der Waals surface area contributed by atoms with E-state index in [4.69, 9.17) is 11.6 Å². The largest absolute Gasteiger partial charge is 0.296 e. The molecule has 1 aromatic carbocycles. The number of nitrogens with zero attached hydrogens (tertiary/aromatic N) is 1. The Kier molecular flexibility index (Phi) is 1.84. The summed E-state index contributed by atoms with van der Waals surface area (Å²) in [5.41, 5.74) is 1.21. The molecule has 1 radical (unpaired) electrons. The lowest BCUT2D eigenvalue weighted by atomic mass is 10.2. The molecule has 0 unspecified atom stereocenters. The van der Waals surface area contributed by atoms with Crippen molar-refractivity contribution in [3.63, 3.8) is 0 Å². The van der Waals surface area contributed by atoms with Crippen molar-refractivity contribution in [2.75, 3.05) is 13.1 Å². The van der Waals surface area contributed by atoms with Crippen LogP contribution in [-0.2, 0) is 6.54 Å². The van der Waals surface area contributed by atoms with Crippen LogP contribution in [0, 0.1) is 6.07 Å². The molecule has 11 heavy (non-hydrogen) atoms. The second kappa shape index (κ2) is 2.84. The minimum Gasteiger partial charge on any atom is -0.296 e. The van der Waals surface area contributed by atoms with Crippen molar-refractivity contribution in [1.82, 2.24) is 4.90 Å². The maximum absolute atomic E-state index is 5.94. The van der Waals surface area contributed by atoms with E-state index in [1.165, 1.54) is 18.7 Å². The lowest BCUT2D eigenvalue weighted by molar-refractivity contribution is 0.556. The number of hydrogen-bond acceptors (Lipinski definition) is 1. The summed E-state index contributed by atoms with van der Waals surface area (Å²) in [5, 5.41) is 0.833. The van der Waals surface area contributed by atoms with Crippen LogP contribution in [0.15, 0.2) is 18.2 Å². The lowest BCUT2D eigenvalue weighted by Gasteiger charge is -2.02. The Balaban J connectivity index is 2.15. The van der Waals surface area contributed by atoms with Gasteiger partial charge in [-0.25, -0.2) is 0 Å². The van der Waals surface area contributed by atoms with E-state index in [0.717, 1.165) is 11.6 Å². The van der Waals surface area contributed by atoms with Crippen LogP contribution < -0.4 is 0 Å². The number of benzene rings is 1. The minimum absolute atomic E-state index is 0.833. The summed E-state index contributed by atoms with van der Waals surface area (Å²) >= 11 is 5.94. The fourth-order valence-electron chi connectivity index (χ4n) is 1.04. The monoisotopic (exact) mass is 166 g/mol. The van der Waals surface area contributed by atoms with Crippen LogP contribution in [0.5, 0.6) is 0 Å². The quantitative estimate of drug-likeness (QED) is 0.607. The molecule has 0 aliphatic carbocycles. The molecule has 0 atom stereocenters. The van der Waals surface area contributed by atoms with Crippen LogP contribution >= 0.6 is 11.6 Å². The molecule has 1 heterocycles. The van der Waals surface area contributed by atoms with Gasteiger partial charge >= 0.3 is 0 Å². The highest BCUT2D eigenvalue weighted by Gasteiger charge is 2.17. The Hall–Kier alpha value is -0.530. The van der Waals surface area contributed by atoms with E-state index in [2.05, 4.69) is 11.0 Å². The fourth-order valence-corrected chi connectivity index (χ4v) is 1.23. The summed E-state index contributed by atoms with van der Waals surface area (Å²) in [7, 11) is 0. The summed E-state index contributed by atoms with van der Waals surface area (Å²) in [4.78, 5) is 2.33. The first kappa shape index (κ1) is 7.14. The van der Waals surface area contributed by atoms with Crippen molar-refractivity contribution >= 4 is 11.6 Å². The number of rotatable bonds is 2. The van der Waals surface area contributed by atoms with E-state index in [9.17, 15) is 0 Å². The van der Waals surface area contributed by atoms with Gasteiger partial charge < -0.3 is 0 Å². The third-order valence-electron chi connectivity index (χ3n) is 1.83. The first-order chi connectivity index (χ1) is 5.36. The molecule has 0 amide bonds. The van der Waals surface area contributed by atoms with Crippen molar-refractivity contribution in [3.8, 4) is 0 Å². The average Bonchev–Trinajstić information content (AvgIpc) is 2.78. The fraction of sp³-hybridized carbons (Fsp3) is 0.333. The summed E-state index contributed by atoms with van der Waals surface area (Å²) in [6.45, 7) is 3.43. The summed E-state index contributed by atoms with van der Waals surface area (Å²) in [6.07, 6.45) is 0. The van der Waals surface area contributed by atoms with Gasteiger partial charge in [-0.2, -0.15) is 0 Å². The van der Waals surface area contributed by atoms with E-state index in [1.54, 1.807) is 0 Å². The van der Waals surface area contributed by atoms with Crippen molar-refractivity contribution in [3.05, 3.63) is 34.9 Å². The molecule has 1 aliphatic rings. The molecule has 0 bridgehead atoms. The normalized spacial score (nSPS) is 16.8. The number of hydrogen-bond donors (Lipinski definition) is 0. The van der Waals surface area contributed by atoms with Crippen LogP contribution in [0.25, 0.3) is 0 Å². The van der Waals surface area contributed by atoms with Crippen LogP contribution in [0.3, 0.4) is 0 Å². The predicted octanol–water partition coefficient (Wildman–Crippen LogP) is 1.96.